The molecule has 4 unspecified atom stereocenters. The number of alkyl halides is 2. The summed E-state index contributed by atoms with van der Waals surface area (Å²) in [6.07, 6.45) is 3.01. The number of hydrogen-bond donors (Lipinski definition) is 1. The fourth-order valence-electron chi connectivity index (χ4n) is 1.25. The zero-order valence-corrected chi connectivity index (χ0v) is 11.4. The van der Waals surface area contributed by atoms with Gasteiger partial charge in [-0.3, -0.25) is 8.74 Å². The van der Waals surface area contributed by atoms with Crippen LogP contribution in [0.4, 0.5) is 0 Å². The van der Waals surface area contributed by atoms with Crippen molar-refractivity contribution in [2.24, 2.45) is 0 Å². The van der Waals surface area contributed by atoms with Crippen molar-refractivity contribution >= 4 is 56.5 Å². The van der Waals surface area contributed by atoms with Gasteiger partial charge in [0, 0.05) is 7.85 Å². The smallest absolute Gasteiger partial charge is 0.284 e. The Kier molecular flexibility index (Phi) is 5.24. The van der Waals surface area contributed by atoms with Crippen molar-refractivity contribution in [3.05, 3.63) is 0 Å². The maximum atomic E-state index is 10.4. The van der Waals surface area contributed by atoms with E-state index in [-0.39, 0.29) is 6.10 Å². The molecule has 6 heteroatoms. The van der Waals surface area contributed by atoms with E-state index < -0.39 is 11.4 Å². The molecule has 1 fully saturated rings. The van der Waals surface area contributed by atoms with Crippen molar-refractivity contribution in [2.75, 3.05) is 0 Å². The van der Waals surface area contributed by atoms with Crippen molar-refractivity contribution in [2.45, 2.75) is 33.2 Å². The topological polar surface area (TPSA) is 46.5 Å². The van der Waals surface area contributed by atoms with E-state index in [0.717, 1.165) is 19.3 Å². The van der Waals surface area contributed by atoms with Crippen molar-refractivity contribution in [3.8, 4) is 0 Å². The standard InChI is InChI=1S/C6H10I2O3S/c7-4-1-2-6(5(8)3-4)11-12(9)10/h4-6H,1-3H2,(H,9,10). The summed E-state index contributed by atoms with van der Waals surface area (Å²) >= 11 is 2.61. The molecule has 1 saturated carbocycles. The summed E-state index contributed by atoms with van der Waals surface area (Å²) in [5.41, 5.74) is 0. The number of halogens is 2. The maximum absolute atomic E-state index is 10.4. The van der Waals surface area contributed by atoms with Crippen LogP contribution in [0.5, 0.6) is 0 Å². The molecular weight excluding hydrogens is 406 g/mol. The Morgan fingerprint density at radius 2 is 2.08 bits per heavy atom. The molecule has 72 valence electrons. The summed E-state index contributed by atoms with van der Waals surface area (Å²) in [6.45, 7) is 0. The molecular formula is C6H10I2O3S. The summed E-state index contributed by atoms with van der Waals surface area (Å²) in [5, 5.41) is 0. The first kappa shape index (κ1) is 11.6. The Hall–Kier alpha value is 1.53. The highest BCUT2D eigenvalue weighted by Gasteiger charge is 2.29. The summed E-state index contributed by atoms with van der Waals surface area (Å²) in [7, 11) is 0. The van der Waals surface area contributed by atoms with Crippen LogP contribution in [0.15, 0.2) is 0 Å². The first-order chi connectivity index (χ1) is 5.59. The molecule has 3 nitrogen and oxygen atoms in total. The van der Waals surface area contributed by atoms with E-state index in [0.29, 0.717) is 7.85 Å². The highest BCUT2D eigenvalue weighted by Crippen LogP contribution is 2.31. The Morgan fingerprint density at radius 3 is 2.58 bits per heavy atom. The second-order valence-corrected chi connectivity index (χ2v) is 6.77. The van der Waals surface area contributed by atoms with Gasteiger partial charge in [0.2, 0.25) is 0 Å². The fraction of sp³-hybridized carbons (Fsp3) is 1.00. The van der Waals surface area contributed by atoms with Gasteiger partial charge in [0.05, 0.1) is 6.10 Å². The third-order valence-corrected chi connectivity index (χ3v) is 4.71. The predicted molar refractivity (Wildman–Crippen MR) is 65.1 cm³/mol. The van der Waals surface area contributed by atoms with E-state index >= 15 is 0 Å². The van der Waals surface area contributed by atoms with Gasteiger partial charge in [-0.2, -0.15) is 4.21 Å². The highest BCUT2D eigenvalue weighted by atomic mass is 127. The van der Waals surface area contributed by atoms with Gasteiger partial charge in [-0.05, 0) is 19.3 Å². The third kappa shape index (κ3) is 3.72. The molecule has 0 amide bonds. The second-order valence-electron chi connectivity index (χ2n) is 2.78. The lowest BCUT2D eigenvalue weighted by Crippen LogP contribution is -2.32. The summed E-state index contributed by atoms with van der Waals surface area (Å²) in [6, 6.07) is 0. The maximum Gasteiger partial charge on any atom is 0.302 e. The van der Waals surface area contributed by atoms with Gasteiger partial charge in [-0.1, -0.05) is 45.2 Å². The Morgan fingerprint density at radius 1 is 1.42 bits per heavy atom. The molecule has 0 bridgehead atoms. The molecule has 0 radical (unpaired) electrons. The lowest BCUT2D eigenvalue weighted by molar-refractivity contribution is 0.173. The highest BCUT2D eigenvalue weighted by molar-refractivity contribution is 14.1. The average molecular weight is 416 g/mol. The van der Waals surface area contributed by atoms with Gasteiger partial charge in [0.25, 0.3) is 0 Å². The Bertz CT molecular complexity index is 178. The predicted octanol–water partition coefficient (Wildman–Crippen LogP) is 2.30. The third-order valence-electron chi connectivity index (χ3n) is 1.85. The molecule has 1 N–H and O–H groups in total. The minimum absolute atomic E-state index is 0.0394. The lowest BCUT2D eigenvalue weighted by atomic mass is 9.98. The van der Waals surface area contributed by atoms with Crippen LogP contribution < -0.4 is 0 Å². The zero-order chi connectivity index (χ0) is 9.14. The van der Waals surface area contributed by atoms with E-state index in [1.165, 1.54) is 0 Å². The monoisotopic (exact) mass is 416 g/mol. The Balaban J connectivity index is 2.39. The van der Waals surface area contributed by atoms with Crippen LogP contribution >= 0.6 is 45.2 Å². The SMILES string of the molecule is O=S(O)OC1CCC(I)CC1I. The molecule has 0 spiro atoms. The molecule has 4 atom stereocenters. The van der Waals surface area contributed by atoms with Crippen LogP contribution in [-0.4, -0.2) is 22.7 Å². The molecule has 1 aliphatic rings. The van der Waals surface area contributed by atoms with Gasteiger partial charge in [0.15, 0.2) is 0 Å². The first-order valence-electron chi connectivity index (χ1n) is 3.65. The summed E-state index contributed by atoms with van der Waals surface area (Å²) < 4.78 is 24.8. The van der Waals surface area contributed by atoms with E-state index in [9.17, 15) is 4.21 Å². The summed E-state index contributed by atoms with van der Waals surface area (Å²) in [5.74, 6) is 0. The molecule has 12 heavy (non-hydrogen) atoms. The van der Waals surface area contributed by atoms with Gasteiger partial charge < -0.3 is 0 Å². The van der Waals surface area contributed by atoms with Crippen molar-refractivity contribution < 1.29 is 12.9 Å². The van der Waals surface area contributed by atoms with Crippen LogP contribution in [-0.2, 0) is 15.5 Å². The number of rotatable bonds is 2. The lowest BCUT2D eigenvalue weighted by Gasteiger charge is -2.28. The minimum Gasteiger partial charge on any atom is -0.284 e. The van der Waals surface area contributed by atoms with Crippen LogP contribution in [0.1, 0.15) is 19.3 Å². The van der Waals surface area contributed by atoms with E-state index in [2.05, 4.69) is 45.2 Å². The summed E-state index contributed by atoms with van der Waals surface area (Å²) in [4.78, 5) is 0. The van der Waals surface area contributed by atoms with Gasteiger partial charge in [0.1, 0.15) is 0 Å². The molecule has 1 aliphatic carbocycles. The second kappa shape index (κ2) is 5.42. The molecule has 1 rings (SSSR count). The van der Waals surface area contributed by atoms with Crippen LogP contribution in [0, 0.1) is 0 Å². The zero-order valence-electron chi connectivity index (χ0n) is 6.28. The number of hydrogen-bond acceptors (Lipinski definition) is 2. The van der Waals surface area contributed by atoms with Crippen LogP contribution in [0.2, 0.25) is 0 Å². The fourth-order valence-corrected chi connectivity index (χ4v) is 4.90. The normalized spacial score (nSPS) is 39.4. The molecule has 0 saturated heterocycles. The van der Waals surface area contributed by atoms with E-state index in [1.54, 1.807) is 0 Å². The molecule has 0 aromatic carbocycles. The van der Waals surface area contributed by atoms with Crippen molar-refractivity contribution in [1.29, 1.82) is 0 Å². The van der Waals surface area contributed by atoms with Crippen molar-refractivity contribution in [3.63, 3.8) is 0 Å². The Labute approximate surface area is 102 Å². The van der Waals surface area contributed by atoms with Crippen molar-refractivity contribution in [1.82, 2.24) is 0 Å². The first-order valence-corrected chi connectivity index (χ1v) is 7.18. The molecule has 0 aliphatic heterocycles. The quantitative estimate of drug-likeness (QED) is 0.427. The van der Waals surface area contributed by atoms with Gasteiger partial charge in [-0.15, -0.1) is 0 Å². The van der Waals surface area contributed by atoms with Gasteiger partial charge in [-0.25, -0.2) is 0 Å². The largest absolute Gasteiger partial charge is 0.302 e. The van der Waals surface area contributed by atoms with E-state index in [4.69, 9.17) is 8.74 Å². The molecule has 0 aromatic rings. The van der Waals surface area contributed by atoms with E-state index in [1.807, 2.05) is 0 Å². The van der Waals surface area contributed by atoms with Gasteiger partial charge >= 0.3 is 11.4 Å². The average Bonchev–Trinajstić information content (AvgIpc) is 1.94. The minimum atomic E-state index is -2.10. The van der Waals surface area contributed by atoms with Crippen LogP contribution in [0.25, 0.3) is 0 Å². The van der Waals surface area contributed by atoms with Crippen LogP contribution in [0.3, 0.4) is 0 Å². The molecule has 0 heterocycles. The molecule has 0 aromatic heterocycles.